The number of rotatable bonds is 3. The summed E-state index contributed by atoms with van der Waals surface area (Å²) < 4.78 is 0. The first kappa shape index (κ1) is 16.7. The lowest BCUT2D eigenvalue weighted by molar-refractivity contribution is -0.542. The fraction of sp³-hybridized carbons (Fsp3) is 0.429. The second-order valence-corrected chi connectivity index (χ2v) is 6.49. The number of nitrogens with zero attached hydrogens (tertiary/aromatic N) is 1. The number of nitrogens with one attached hydrogen (secondary N) is 1. The monoisotopic (exact) mass is 344 g/mol. The van der Waals surface area contributed by atoms with Gasteiger partial charge >= 0.3 is 11.4 Å². The van der Waals surface area contributed by atoms with Crippen LogP contribution in [0.1, 0.15) is 31.9 Å². The molecule has 0 spiro atoms. The first-order chi connectivity index (χ1) is 10.1. The summed E-state index contributed by atoms with van der Waals surface area (Å²) in [6.07, 6.45) is 0.339. The first-order valence-electron chi connectivity index (χ1n) is 6.59. The van der Waals surface area contributed by atoms with Crippen LogP contribution in [-0.2, 0) is 21.5 Å². The van der Waals surface area contributed by atoms with Crippen molar-refractivity contribution in [3.05, 3.63) is 43.4 Å². The van der Waals surface area contributed by atoms with Crippen molar-refractivity contribution in [2.75, 3.05) is 0 Å². The van der Waals surface area contributed by atoms with E-state index in [-0.39, 0.29) is 15.6 Å². The maximum Gasteiger partial charge on any atom is 0.384 e. The molecule has 0 aromatic heterocycles. The Labute approximate surface area is 136 Å². The van der Waals surface area contributed by atoms with Crippen LogP contribution in [0.5, 0.6) is 0 Å². The van der Waals surface area contributed by atoms with Gasteiger partial charge in [0.25, 0.3) is 0 Å². The highest BCUT2D eigenvalue weighted by atomic mass is 35.5. The molecule has 1 N–H and O–H groups in total. The van der Waals surface area contributed by atoms with Gasteiger partial charge in [-0.15, -0.1) is 0 Å². The van der Waals surface area contributed by atoms with Gasteiger partial charge in [-0.3, -0.25) is 19.7 Å². The summed E-state index contributed by atoms with van der Waals surface area (Å²) in [7, 11) is 0. The molecule has 6 nitrogen and oxygen atoms in total. The van der Waals surface area contributed by atoms with Crippen molar-refractivity contribution in [1.82, 2.24) is 5.32 Å². The fourth-order valence-corrected chi connectivity index (χ4v) is 3.45. The molecule has 1 aliphatic heterocycles. The molecule has 1 saturated heterocycles. The lowest BCUT2D eigenvalue weighted by Gasteiger charge is -2.22. The van der Waals surface area contributed by atoms with Crippen molar-refractivity contribution < 1.29 is 14.5 Å². The summed E-state index contributed by atoms with van der Waals surface area (Å²) in [6, 6.07) is 2.79. The average Bonchev–Trinajstić information content (AvgIpc) is 2.56. The minimum atomic E-state index is -2.55. The smallest absolute Gasteiger partial charge is 0.337 e. The number of halogens is 2. The molecule has 1 fully saturated rings. The number of carbonyl (C=O) groups is 2. The van der Waals surface area contributed by atoms with Gasteiger partial charge in [-0.2, -0.15) is 0 Å². The van der Waals surface area contributed by atoms with E-state index in [0.29, 0.717) is 12.0 Å². The van der Waals surface area contributed by atoms with Crippen molar-refractivity contribution in [2.45, 2.75) is 38.3 Å². The van der Waals surface area contributed by atoms with E-state index >= 15 is 0 Å². The number of hydrogen-bond donors (Lipinski definition) is 1. The molecule has 0 aliphatic carbocycles. The number of Topliss-reactive ketones (excluding diaryl/α,β-unsaturated/α-hetero) is 1. The quantitative estimate of drug-likeness (QED) is 0.518. The molecule has 0 bridgehead atoms. The van der Waals surface area contributed by atoms with Gasteiger partial charge < -0.3 is 5.32 Å². The number of hydrogen-bond acceptors (Lipinski definition) is 4. The molecule has 1 unspecified atom stereocenters. The van der Waals surface area contributed by atoms with Crippen molar-refractivity contribution in [2.24, 2.45) is 0 Å². The molecule has 1 heterocycles. The number of amides is 1. The highest BCUT2D eigenvalue weighted by Crippen LogP contribution is 2.42. The summed E-state index contributed by atoms with van der Waals surface area (Å²) in [5.41, 5.74) is -3.59. The van der Waals surface area contributed by atoms with Gasteiger partial charge in [0.05, 0.1) is 10.6 Å². The SMILES string of the molecule is CCc1cc(Cl)cc(Cl)c1C1([N+](=O)[O-])C(=O)NC(C)(C)C1=O. The normalized spacial score (nSPS) is 23.5. The number of benzene rings is 1. The second-order valence-electron chi connectivity index (χ2n) is 5.65. The van der Waals surface area contributed by atoms with Gasteiger partial charge in [0.15, 0.2) is 0 Å². The van der Waals surface area contributed by atoms with Crippen molar-refractivity contribution in [3.8, 4) is 0 Å². The number of ketones is 1. The lowest BCUT2D eigenvalue weighted by atomic mass is 9.80. The average molecular weight is 345 g/mol. The molecule has 118 valence electrons. The molecule has 0 saturated carbocycles. The van der Waals surface area contributed by atoms with Gasteiger partial charge in [-0.1, -0.05) is 30.1 Å². The largest absolute Gasteiger partial charge is 0.384 e. The van der Waals surface area contributed by atoms with E-state index in [9.17, 15) is 19.7 Å². The van der Waals surface area contributed by atoms with Crippen LogP contribution in [0.3, 0.4) is 0 Å². The molecular formula is C14H14Cl2N2O4. The fourth-order valence-electron chi connectivity index (χ4n) is 2.78. The summed E-state index contributed by atoms with van der Waals surface area (Å²) in [5, 5.41) is 14.4. The Kier molecular flexibility index (Phi) is 3.96. The summed E-state index contributed by atoms with van der Waals surface area (Å²) in [4.78, 5) is 36.0. The van der Waals surface area contributed by atoms with Crippen LogP contribution >= 0.6 is 23.2 Å². The van der Waals surface area contributed by atoms with E-state index < -0.39 is 27.7 Å². The molecular weight excluding hydrogens is 331 g/mol. The number of aryl methyl sites for hydroxylation is 1. The summed E-state index contributed by atoms with van der Waals surface area (Å²) in [5.74, 6) is -1.82. The minimum absolute atomic E-state index is 0.0674. The number of nitro groups is 1. The van der Waals surface area contributed by atoms with Gasteiger partial charge in [0, 0.05) is 9.95 Å². The predicted molar refractivity (Wildman–Crippen MR) is 81.7 cm³/mol. The van der Waals surface area contributed by atoms with Gasteiger partial charge in [-0.25, -0.2) is 0 Å². The van der Waals surface area contributed by atoms with E-state index in [0.717, 1.165) is 0 Å². The van der Waals surface area contributed by atoms with Crippen molar-refractivity contribution >= 4 is 34.9 Å². The summed E-state index contributed by atoms with van der Waals surface area (Å²) in [6.45, 7) is 4.59. The Balaban J connectivity index is 2.89. The Hall–Kier alpha value is -1.66. The third-order valence-corrected chi connectivity index (χ3v) is 4.32. The topological polar surface area (TPSA) is 89.3 Å². The van der Waals surface area contributed by atoms with Crippen LogP contribution in [0.4, 0.5) is 0 Å². The maximum atomic E-state index is 12.7. The zero-order valence-electron chi connectivity index (χ0n) is 12.2. The molecule has 1 aliphatic rings. The zero-order chi connectivity index (χ0) is 16.9. The highest BCUT2D eigenvalue weighted by molar-refractivity contribution is 6.36. The van der Waals surface area contributed by atoms with Crippen LogP contribution in [-0.4, -0.2) is 22.2 Å². The molecule has 1 atom stereocenters. The Morgan fingerprint density at radius 1 is 1.27 bits per heavy atom. The lowest BCUT2D eigenvalue weighted by Crippen LogP contribution is -2.49. The van der Waals surface area contributed by atoms with Gasteiger partial charge in [0.2, 0.25) is 5.78 Å². The zero-order valence-corrected chi connectivity index (χ0v) is 13.7. The van der Waals surface area contributed by atoms with Crippen LogP contribution < -0.4 is 5.32 Å². The Morgan fingerprint density at radius 2 is 1.86 bits per heavy atom. The number of carbonyl (C=O) groups excluding carboxylic acids is 2. The van der Waals surface area contributed by atoms with E-state index in [2.05, 4.69) is 5.32 Å². The van der Waals surface area contributed by atoms with Gasteiger partial charge in [-0.05, 0) is 38.0 Å². The van der Waals surface area contributed by atoms with Crippen LogP contribution in [0.2, 0.25) is 10.0 Å². The molecule has 2 rings (SSSR count). The maximum absolute atomic E-state index is 12.7. The van der Waals surface area contributed by atoms with E-state index in [1.54, 1.807) is 6.92 Å². The molecule has 1 aromatic rings. The second kappa shape index (κ2) is 5.21. The predicted octanol–water partition coefficient (Wildman–Crippen LogP) is 2.51. The standard InChI is InChI=1S/C14H14Cl2N2O4/c1-4-7-5-8(15)6-9(16)10(7)14(18(21)22)11(19)13(2,3)17-12(14)20/h5-6H,4H2,1-3H3,(H,17,20). The summed E-state index contributed by atoms with van der Waals surface area (Å²) >= 11 is 12.1. The third kappa shape index (κ3) is 2.09. The Bertz CT molecular complexity index is 702. The van der Waals surface area contributed by atoms with Crippen LogP contribution in [0.15, 0.2) is 12.1 Å². The highest BCUT2D eigenvalue weighted by Gasteiger charge is 2.70. The van der Waals surface area contributed by atoms with Crippen molar-refractivity contribution in [1.29, 1.82) is 0 Å². The van der Waals surface area contributed by atoms with E-state index in [1.807, 2.05) is 0 Å². The molecule has 22 heavy (non-hydrogen) atoms. The van der Waals surface area contributed by atoms with E-state index in [1.165, 1.54) is 26.0 Å². The van der Waals surface area contributed by atoms with Gasteiger partial charge in [0.1, 0.15) is 5.54 Å². The first-order valence-corrected chi connectivity index (χ1v) is 7.35. The van der Waals surface area contributed by atoms with Crippen molar-refractivity contribution in [3.63, 3.8) is 0 Å². The molecule has 0 radical (unpaired) electrons. The van der Waals surface area contributed by atoms with E-state index in [4.69, 9.17) is 23.2 Å². The Morgan fingerprint density at radius 3 is 2.27 bits per heavy atom. The third-order valence-electron chi connectivity index (χ3n) is 3.80. The molecule has 8 heteroatoms. The van der Waals surface area contributed by atoms with Crippen LogP contribution in [0.25, 0.3) is 0 Å². The van der Waals surface area contributed by atoms with Crippen LogP contribution in [0, 0.1) is 10.1 Å². The molecule has 1 aromatic carbocycles. The minimum Gasteiger partial charge on any atom is -0.337 e. The molecule has 1 amide bonds.